The zero-order chi connectivity index (χ0) is 18.8. The third-order valence-electron chi connectivity index (χ3n) is 4.56. The van der Waals surface area contributed by atoms with Crippen LogP contribution in [0.25, 0.3) is 22.1 Å². The van der Waals surface area contributed by atoms with E-state index in [1.54, 1.807) is 0 Å². The second-order valence-corrected chi connectivity index (χ2v) is 6.37. The van der Waals surface area contributed by atoms with Gasteiger partial charge in [0.05, 0.1) is 17.1 Å². The SMILES string of the molecule is CCc1[nH]c2nc[nH]c(=O)c2c1C.CCc1[nH]c2ncnc(Cl)c2c1C. The van der Waals surface area contributed by atoms with Crippen LogP contribution < -0.4 is 5.56 Å². The Bertz CT molecular complexity index is 1120. The van der Waals surface area contributed by atoms with Crippen LogP contribution in [-0.2, 0) is 12.8 Å². The minimum absolute atomic E-state index is 0.0709. The molecule has 0 aliphatic rings. The highest BCUT2D eigenvalue weighted by Gasteiger charge is 2.10. The molecule has 0 aliphatic heterocycles. The Balaban J connectivity index is 0.000000151. The number of halogens is 1. The fourth-order valence-electron chi connectivity index (χ4n) is 3.12. The summed E-state index contributed by atoms with van der Waals surface area (Å²) < 4.78 is 0. The fourth-order valence-corrected chi connectivity index (χ4v) is 3.39. The molecule has 7 nitrogen and oxygen atoms in total. The van der Waals surface area contributed by atoms with Crippen molar-refractivity contribution in [3.8, 4) is 0 Å². The van der Waals surface area contributed by atoms with Crippen molar-refractivity contribution < 1.29 is 0 Å². The van der Waals surface area contributed by atoms with E-state index in [-0.39, 0.29) is 5.56 Å². The zero-order valence-electron chi connectivity index (χ0n) is 15.2. The lowest BCUT2D eigenvalue weighted by molar-refractivity contribution is 1.05. The van der Waals surface area contributed by atoms with Gasteiger partial charge in [-0.3, -0.25) is 4.79 Å². The number of hydrogen-bond acceptors (Lipinski definition) is 4. The van der Waals surface area contributed by atoms with Gasteiger partial charge in [-0.05, 0) is 37.8 Å². The lowest BCUT2D eigenvalue weighted by Gasteiger charge is -1.93. The summed E-state index contributed by atoms with van der Waals surface area (Å²) in [6.45, 7) is 8.12. The molecule has 0 amide bonds. The molecule has 0 radical (unpaired) electrons. The molecule has 4 aromatic rings. The third-order valence-corrected chi connectivity index (χ3v) is 4.84. The molecule has 4 aromatic heterocycles. The van der Waals surface area contributed by atoms with Gasteiger partial charge in [-0.1, -0.05) is 25.4 Å². The molecule has 0 spiro atoms. The van der Waals surface area contributed by atoms with Gasteiger partial charge in [0.2, 0.25) is 0 Å². The first-order chi connectivity index (χ1) is 12.5. The Labute approximate surface area is 155 Å². The summed E-state index contributed by atoms with van der Waals surface area (Å²) in [4.78, 5) is 32.5. The number of hydrogen-bond donors (Lipinski definition) is 3. The van der Waals surface area contributed by atoms with Gasteiger partial charge in [-0.15, -0.1) is 0 Å². The Hall–Kier alpha value is -2.67. The van der Waals surface area contributed by atoms with Gasteiger partial charge in [0.25, 0.3) is 5.56 Å². The van der Waals surface area contributed by atoms with Crippen LogP contribution in [-0.4, -0.2) is 29.9 Å². The molecule has 0 atom stereocenters. The summed E-state index contributed by atoms with van der Waals surface area (Å²) >= 11 is 5.96. The van der Waals surface area contributed by atoms with E-state index in [4.69, 9.17) is 11.6 Å². The number of rotatable bonds is 2. The van der Waals surface area contributed by atoms with Gasteiger partial charge >= 0.3 is 0 Å². The van der Waals surface area contributed by atoms with Crippen LogP contribution >= 0.6 is 11.6 Å². The number of nitrogens with one attached hydrogen (secondary N) is 3. The van der Waals surface area contributed by atoms with Crippen molar-refractivity contribution in [2.75, 3.05) is 0 Å². The Morgan fingerprint density at radius 3 is 2.04 bits per heavy atom. The van der Waals surface area contributed by atoms with Crippen LogP contribution in [0.3, 0.4) is 0 Å². The summed E-state index contributed by atoms with van der Waals surface area (Å²) in [5, 5.41) is 2.15. The number of aromatic nitrogens is 6. The summed E-state index contributed by atoms with van der Waals surface area (Å²) in [6.07, 6.45) is 4.74. The molecule has 3 N–H and O–H groups in total. The molecule has 0 unspecified atom stereocenters. The molecule has 0 saturated carbocycles. The lowest BCUT2D eigenvalue weighted by Crippen LogP contribution is -2.05. The van der Waals surface area contributed by atoms with Gasteiger partial charge in [0.15, 0.2) is 0 Å². The summed E-state index contributed by atoms with van der Waals surface area (Å²) in [5.41, 5.74) is 5.86. The maximum absolute atomic E-state index is 11.4. The van der Waals surface area contributed by atoms with E-state index in [0.717, 1.165) is 40.7 Å². The molecule has 8 heteroatoms. The minimum Gasteiger partial charge on any atom is -0.343 e. The molecule has 4 rings (SSSR count). The van der Waals surface area contributed by atoms with Crippen LogP contribution in [0.5, 0.6) is 0 Å². The predicted molar refractivity (Wildman–Crippen MR) is 104 cm³/mol. The van der Waals surface area contributed by atoms with Crippen molar-refractivity contribution >= 4 is 33.7 Å². The summed E-state index contributed by atoms with van der Waals surface area (Å²) in [6, 6.07) is 0. The van der Waals surface area contributed by atoms with Gasteiger partial charge in [-0.25, -0.2) is 15.0 Å². The zero-order valence-corrected chi connectivity index (χ0v) is 16.0. The highest BCUT2D eigenvalue weighted by Crippen LogP contribution is 2.25. The van der Waals surface area contributed by atoms with Crippen LogP contribution in [0.15, 0.2) is 17.4 Å². The second kappa shape index (κ2) is 7.29. The molecular formula is C18H21ClN6O. The van der Waals surface area contributed by atoms with Crippen molar-refractivity contribution in [2.24, 2.45) is 0 Å². The van der Waals surface area contributed by atoms with Gasteiger partial charge in [0.1, 0.15) is 22.8 Å². The average Bonchev–Trinajstić information content (AvgIpc) is 3.14. The maximum atomic E-state index is 11.4. The molecule has 0 bridgehead atoms. The molecule has 4 heterocycles. The average molecular weight is 373 g/mol. The Morgan fingerprint density at radius 1 is 0.923 bits per heavy atom. The number of fused-ring (bicyclic) bond motifs is 2. The van der Waals surface area contributed by atoms with E-state index in [2.05, 4.69) is 36.8 Å². The molecule has 0 aliphatic carbocycles. The van der Waals surface area contributed by atoms with Crippen molar-refractivity contribution in [3.05, 3.63) is 50.7 Å². The molecular weight excluding hydrogens is 352 g/mol. The largest absolute Gasteiger partial charge is 0.343 e. The molecule has 0 saturated heterocycles. The first-order valence-corrected chi connectivity index (χ1v) is 8.88. The van der Waals surface area contributed by atoms with Crippen LogP contribution in [0.2, 0.25) is 5.15 Å². The molecule has 136 valence electrons. The van der Waals surface area contributed by atoms with Gasteiger partial charge < -0.3 is 15.0 Å². The normalized spacial score (nSPS) is 11.0. The van der Waals surface area contributed by atoms with E-state index in [1.807, 2.05) is 20.8 Å². The van der Waals surface area contributed by atoms with Crippen LogP contribution in [0.4, 0.5) is 0 Å². The topological polar surface area (TPSA) is 103 Å². The number of nitrogens with zero attached hydrogens (tertiary/aromatic N) is 3. The van der Waals surface area contributed by atoms with Crippen LogP contribution in [0, 0.1) is 13.8 Å². The Morgan fingerprint density at radius 2 is 1.50 bits per heavy atom. The van der Waals surface area contributed by atoms with Crippen molar-refractivity contribution in [2.45, 2.75) is 40.5 Å². The third kappa shape index (κ3) is 3.10. The number of H-pyrrole nitrogens is 3. The summed E-state index contributed by atoms with van der Waals surface area (Å²) in [7, 11) is 0. The van der Waals surface area contributed by atoms with Gasteiger partial charge in [-0.2, -0.15) is 0 Å². The van der Waals surface area contributed by atoms with E-state index in [9.17, 15) is 4.79 Å². The lowest BCUT2D eigenvalue weighted by atomic mass is 10.2. The van der Waals surface area contributed by atoms with Crippen molar-refractivity contribution in [3.63, 3.8) is 0 Å². The highest BCUT2D eigenvalue weighted by molar-refractivity contribution is 6.34. The van der Waals surface area contributed by atoms with E-state index < -0.39 is 0 Å². The Kier molecular flexibility index (Phi) is 5.08. The number of aryl methyl sites for hydroxylation is 4. The second-order valence-electron chi connectivity index (χ2n) is 6.01. The highest BCUT2D eigenvalue weighted by atomic mass is 35.5. The molecule has 0 aromatic carbocycles. The van der Waals surface area contributed by atoms with Crippen LogP contribution in [0.1, 0.15) is 36.4 Å². The number of aromatic amines is 3. The fraction of sp³-hybridized carbons (Fsp3) is 0.333. The first kappa shape index (κ1) is 18.1. The van der Waals surface area contributed by atoms with E-state index in [0.29, 0.717) is 16.2 Å². The van der Waals surface area contributed by atoms with Crippen molar-refractivity contribution in [1.29, 1.82) is 0 Å². The minimum atomic E-state index is -0.0709. The molecule has 26 heavy (non-hydrogen) atoms. The van der Waals surface area contributed by atoms with E-state index in [1.165, 1.54) is 18.3 Å². The quantitative estimate of drug-likeness (QED) is 0.467. The smallest absolute Gasteiger partial charge is 0.260 e. The maximum Gasteiger partial charge on any atom is 0.260 e. The first-order valence-electron chi connectivity index (χ1n) is 8.50. The summed E-state index contributed by atoms with van der Waals surface area (Å²) in [5.74, 6) is 0. The van der Waals surface area contributed by atoms with Gasteiger partial charge in [0, 0.05) is 11.4 Å². The predicted octanol–water partition coefficient (Wildman–Crippen LogP) is 3.60. The van der Waals surface area contributed by atoms with E-state index >= 15 is 0 Å². The molecule has 0 fully saturated rings. The monoisotopic (exact) mass is 372 g/mol. The van der Waals surface area contributed by atoms with Crippen molar-refractivity contribution in [1.82, 2.24) is 29.9 Å². The standard InChI is InChI=1S/C9H10ClN3.C9H11N3O/c1-3-6-5(2)7-8(10)11-4-12-9(7)13-6;1-3-6-5(2)7-8(12-6)10-4-11-9(7)13/h4H,3H2,1-2H3,(H,11,12,13);4H,3H2,1-2H3,(H2,10,11,12,13).